The molecule has 1 aliphatic rings. The molecular formula is C18H26F2N2O2. The first kappa shape index (κ1) is 18.6. The van der Waals surface area contributed by atoms with E-state index in [4.69, 9.17) is 4.74 Å². The molecule has 1 aliphatic heterocycles. The lowest BCUT2D eigenvalue weighted by atomic mass is 10.0. The SMILES string of the molecule is Cc1c(CNC2CCN(C(=O)OC(C)(C)C)CC2)ccc(F)c1F. The van der Waals surface area contributed by atoms with Crippen LogP contribution < -0.4 is 5.32 Å². The van der Waals surface area contributed by atoms with Crippen LogP contribution in [0.1, 0.15) is 44.7 Å². The molecule has 0 atom stereocenters. The van der Waals surface area contributed by atoms with Gasteiger partial charge in [-0.1, -0.05) is 6.07 Å². The molecule has 6 heteroatoms. The summed E-state index contributed by atoms with van der Waals surface area (Å²) in [5.74, 6) is -1.60. The molecule has 2 rings (SSSR count). The second-order valence-electron chi connectivity index (χ2n) is 7.27. The van der Waals surface area contributed by atoms with Gasteiger partial charge in [0.05, 0.1) is 0 Å². The summed E-state index contributed by atoms with van der Waals surface area (Å²) in [6.07, 6.45) is 1.33. The average molecular weight is 340 g/mol. The zero-order valence-electron chi connectivity index (χ0n) is 14.8. The van der Waals surface area contributed by atoms with Crippen LogP contribution in [-0.4, -0.2) is 35.7 Å². The van der Waals surface area contributed by atoms with E-state index in [1.807, 2.05) is 20.8 Å². The van der Waals surface area contributed by atoms with Crippen LogP contribution in [0.25, 0.3) is 0 Å². The van der Waals surface area contributed by atoms with Gasteiger partial charge < -0.3 is 15.0 Å². The fourth-order valence-electron chi connectivity index (χ4n) is 2.73. The Bertz CT molecular complexity index is 591. The lowest BCUT2D eigenvalue weighted by Crippen LogP contribution is -2.46. The number of rotatable bonds is 3. The van der Waals surface area contributed by atoms with Crippen LogP contribution in [0.2, 0.25) is 0 Å². The highest BCUT2D eigenvalue weighted by atomic mass is 19.2. The number of benzene rings is 1. The smallest absolute Gasteiger partial charge is 0.410 e. The first-order valence-corrected chi connectivity index (χ1v) is 8.32. The zero-order valence-corrected chi connectivity index (χ0v) is 14.8. The monoisotopic (exact) mass is 340 g/mol. The maximum absolute atomic E-state index is 13.6. The standard InChI is InChI=1S/C18H26F2N2O2/c1-12-13(5-6-15(19)16(12)20)11-21-14-7-9-22(10-8-14)17(23)24-18(2,3)4/h5-6,14,21H,7-11H2,1-4H3. The Labute approximate surface area is 142 Å². The Morgan fingerprint density at radius 3 is 2.50 bits per heavy atom. The van der Waals surface area contributed by atoms with Crippen LogP contribution >= 0.6 is 0 Å². The van der Waals surface area contributed by atoms with Crippen LogP contribution in [-0.2, 0) is 11.3 Å². The highest BCUT2D eigenvalue weighted by Crippen LogP contribution is 2.18. The Kier molecular flexibility index (Phi) is 5.80. The van der Waals surface area contributed by atoms with Crippen molar-refractivity contribution in [2.75, 3.05) is 13.1 Å². The van der Waals surface area contributed by atoms with E-state index in [0.717, 1.165) is 24.5 Å². The number of ether oxygens (including phenoxy) is 1. The first-order chi connectivity index (χ1) is 11.2. The number of amides is 1. The molecule has 1 aromatic rings. The molecule has 1 heterocycles. The van der Waals surface area contributed by atoms with Gasteiger partial charge in [-0.15, -0.1) is 0 Å². The number of nitrogens with zero attached hydrogens (tertiary/aromatic N) is 1. The molecule has 0 aliphatic carbocycles. The lowest BCUT2D eigenvalue weighted by Gasteiger charge is -2.34. The van der Waals surface area contributed by atoms with Gasteiger partial charge in [0.25, 0.3) is 0 Å². The summed E-state index contributed by atoms with van der Waals surface area (Å²) in [4.78, 5) is 13.7. The minimum atomic E-state index is -0.818. The molecule has 1 amide bonds. The van der Waals surface area contributed by atoms with Crippen molar-refractivity contribution in [1.29, 1.82) is 0 Å². The van der Waals surface area contributed by atoms with Crippen LogP contribution in [0.4, 0.5) is 13.6 Å². The molecular weight excluding hydrogens is 314 g/mol. The third kappa shape index (κ3) is 4.90. The van der Waals surface area contributed by atoms with E-state index in [9.17, 15) is 13.6 Å². The molecule has 24 heavy (non-hydrogen) atoms. The third-order valence-electron chi connectivity index (χ3n) is 4.18. The minimum Gasteiger partial charge on any atom is -0.444 e. The van der Waals surface area contributed by atoms with Gasteiger partial charge >= 0.3 is 6.09 Å². The molecule has 1 saturated heterocycles. The van der Waals surface area contributed by atoms with Gasteiger partial charge in [-0.25, -0.2) is 13.6 Å². The zero-order chi connectivity index (χ0) is 17.9. The molecule has 0 unspecified atom stereocenters. The first-order valence-electron chi connectivity index (χ1n) is 8.32. The molecule has 0 bridgehead atoms. The summed E-state index contributed by atoms with van der Waals surface area (Å²) in [5.41, 5.74) is 0.605. The van der Waals surface area contributed by atoms with Gasteiger partial charge in [0.15, 0.2) is 11.6 Å². The predicted molar refractivity (Wildman–Crippen MR) is 88.8 cm³/mol. The van der Waals surface area contributed by atoms with E-state index in [1.165, 1.54) is 0 Å². The second kappa shape index (κ2) is 7.47. The fraction of sp³-hybridized carbons (Fsp3) is 0.611. The Balaban J connectivity index is 1.82. The number of halogens is 2. The third-order valence-corrected chi connectivity index (χ3v) is 4.18. The van der Waals surface area contributed by atoms with Gasteiger partial charge in [0.1, 0.15) is 5.60 Å². The molecule has 0 radical (unpaired) electrons. The summed E-state index contributed by atoms with van der Waals surface area (Å²) in [5, 5.41) is 3.37. The van der Waals surface area contributed by atoms with E-state index >= 15 is 0 Å². The van der Waals surface area contributed by atoms with Crippen molar-refractivity contribution in [3.63, 3.8) is 0 Å². The van der Waals surface area contributed by atoms with Crippen molar-refractivity contribution in [3.8, 4) is 0 Å². The maximum Gasteiger partial charge on any atom is 0.410 e. The Hall–Kier alpha value is -1.69. The molecule has 0 spiro atoms. The molecule has 1 N–H and O–H groups in total. The highest BCUT2D eigenvalue weighted by molar-refractivity contribution is 5.68. The van der Waals surface area contributed by atoms with Gasteiger partial charge in [-0.05, 0) is 57.7 Å². The van der Waals surface area contributed by atoms with Crippen LogP contribution in [0.3, 0.4) is 0 Å². The topological polar surface area (TPSA) is 41.6 Å². The summed E-state index contributed by atoms with van der Waals surface area (Å²) < 4.78 is 32.1. The summed E-state index contributed by atoms with van der Waals surface area (Å²) >= 11 is 0. The Morgan fingerprint density at radius 2 is 1.92 bits per heavy atom. The van der Waals surface area contributed by atoms with Gasteiger partial charge in [-0.3, -0.25) is 0 Å². The van der Waals surface area contributed by atoms with Crippen molar-refractivity contribution in [2.45, 2.75) is 58.7 Å². The molecule has 0 aromatic heterocycles. The van der Waals surface area contributed by atoms with E-state index in [0.29, 0.717) is 25.2 Å². The molecule has 4 nitrogen and oxygen atoms in total. The molecule has 1 fully saturated rings. The minimum absolute atomic E-state index is 0.246. The van der Waals surface area contributed by atoms with Crippen molar-refractivity contribution in [2.24, 2.45) is 0 Å². The van der Waals surface area contributed by atoms with Gasteiger partial charge in [0.2, 0.25) is 0 Å². The predicted octanol–water partition coefficient (Wildman–Crippen LogP) is 3.76. The molecule has 0 saturated carbocycles. The number of piperidine rings is 1. The second-order valence-corrected chi connectivity index (χ2v) is 7.27. The fourth-order valence-corrected chi connectivity index (χ4v) is 2.73. The van der Waals surface area contributed by atoms with Gasteiger partial charge in [-0.2, -0.15) is 0 Å². The number of likely N-dealkylation sites (tertiary alicyclic amines) is 1. The van der Waals surface area contributed by atoms with Crippen molar-refractivity contribution < 1.29 is 18.3 Å². The van der Waals surface area contributed by atoms with E-state index in [2.05, 4.69) is 5.32 Å². The Morgan fingerprint density at radius 1 is 1.29 bits per heavy atom. The van der Waals surface area contributed by atoms with Gasteiger partial charge in [0, 0.05) is 25.7 Å². The summed E-state index contributed by atoms with van der Waals surface area (Å²) in [7, 11) is 0. The highest BCUT2D eigenvalue weighted by Gasteiger charge is 2.26. The normalized spacial score (nSPS) is 16.3. The quantitative estimate of drug-likeness (QED) is 0.911. The molecule has 134 valence electrons. The summed E-state index contributed by atoms with van der Waals surface area (Å²) in [6, 6.07) is 3.01. The number of hydrogen-bond acceptors (Lipinski definition) is 3. The summed E-state index contributed by atoms with van der Waals surface area (Å²) in [6.45, 7) is 8.88. The number of nitrogens with one attached hydrogen (secondary N) is 1. The number of hydrogen-bond donors (Lipinski definition) is 1. The van der Waals surface area contributed by atoms with Crippen molar-refractivity contribution >= 4 is 6.09 Å². The van der Waals surface area contributed by atoms with Crippen LogP contribution in [0.15, 0.2) is 12.1 Å². The number of carbonyl (C=O) groups excluding carboxylic acids is 1. The lowest BCUT2D eigenvalue weighted by molar-refractivity contribution is 0.0198. The number of carbonyl (C=O) groups is 1. The molecule has 1 aromatic carbocycles. The van der Waals surface area contributed by atoms with Crippen molar-refractivity contribution in [1.82, 2.24) is 10.2 Å². The van der Waals surface area contributed by atoms with E-state index < -0.39 is 17.2 Å². The van der Waals surface area contributed by atoms with E-state index in [1.54, 1.807) is 17.9 Å². The largest absolute Gasteiger partial charge is 0.444 e. The van der Waals surface area contributed by atoms with Crippen LogP contribution in [0, 0.1) is 18.6 Å². The van der Waals surface area contributed by atoms with E-state index in [-0.39, 0.29) is 12.1 Å². The maximum atomic E-state index is 13.6. The van der Waals surface area contributed by atoms with Crippen LogP contribution in [0.5, 0.6) is 0 Å². The average Bonchev–Trinajstić information content (AvgIpc) is 2.51. The van der Waals surface area contributed by atoms with Crippen molar-refractivity contribution in [3.05, 3.63) is 34.9 Å².